The highest BCUT2D eigenvalue weighted by Gasteiger charge is 2.42. The Morgan fingerprint density at radius 2 is 1.67 bits per heavy atom. The fraction of sp³-hybridized carbons (Fsp3) is 0.423. The lowest BCUT2D eigenvalue weighted by molar-refractivity contribution is -0.138. The zero-order valence-corrected chi connectivity index (χ0v) is 19.9. The minimum absolute atomic E-state index is 0.0455. The second-order valence-electron chi connectivity index (χ2n) is 8.87. The summed E-state index contributed by atoms with van der Waals surface area (Å²) < 4.78 is 5.63. The molecule has 1 saturated heterocycles. The average Bonchev–Trinajstić information content (AvgIpc) is 3.06. The van der Waals surface area contributed by atoms with Crippen molar-refractivity contribution in [3.63, 3.8) is 0 Å². The Bertz CT molecular complexity index is 1060. The van der Waals surface area contributed by atoms with Crippen LogP contribution in [0.4, 0.5) is 5.82 Å². The Morgan fingerprint density at radius 3 is 2.30 bits per heavy atom. The highest BCUT2D eigenvalue weighted by Crippen LogP contribution is 2.33. The van der Waals surface area contributed by atoms with E-state index in [2.05, 4.69) is 14.8 Å². The molecule has 2 aliphatic rings. The topological polar surface area (TPSA) is 66.0 Å². The van der Waals surface area contributed by atoms with Crippen LogP contribution in [0.3, 0.4) is 0 Å². The summed E-state index contributed by atoms with van der Waals surface area (Å²) in [5.74, 6) is 0.464. The number of ether oxygens (including phenoxy) is 1. The first-order valence-electron chi connectivity index (χ1n) is 11.6. The summed E-state index contributed by atoms with van der Waals surface area (Å²) in [6, 6.07) is 11.8. The molecule has 4 rings (SSSR count). The average molecular weight is 449 g/mol. The van der Waals surface area contributed by atoms with Crippen LogP contribution < -0.4 is 4.90 Å². The van der Waals surface area contributed by atoms with Gasteiger partial charge in [0.2, 0.25) is 0 Å². The molecule has 1 aromatic carbocycles. The number of aromatic nitrogens is 1. The molecule has 1 aromatic heterocycles. The summed E-state index contributed by atoms with van der Waals surface area (Å²) in [7, 11) is 0. The highest BCUT2D eigenvalue weighted by atomic mass is 16.5. The van der Waals surface area contributed by atoms with E-state index < -0.39 is 0 Å². The third-order valence-corrected chi connectivity index (χ3v) is 6.27. The van der Waals surface area contributed by atoms with Gasteiger partial charge in [0.15, 0.2) is 0 Å². The smallest absolute Gasteiger partial charge is 0.277 e. The summed E-state index contributed by atoms with van der Waals surface area (Å²) in [4.78, 5) is 37.0. The second-order valence-corrected chi connectivity index (χ2v) is 8.87. The maximum Gasteiger partial charge on any atom is 0.277 e. The molecule has 0 saturated carbocycles. The van der Waals surface area contributed by atoms with Crippen molar-refractivity contribution in [2.75, 3.05) is 44.2 Å². The van der Waals surface area contributed by atoms with Gasteiger partial charge in [-0.05, 0) is 56.5 Å². The van der Waals surface area contributed by atoms with E-state index in [1.807, 2.05) is 64.1 Å². The predicted molar refractivity (Wildman–Crippen MR) is 129 cm³/mol. The molecular weight excluding hydrogens is 416 g/mol. The summed E-state index contributed by atoms with van der Waals surface area (Å²) in [5, 5.41) is 0. The summed E-state index contributed by atoms with van der Waals surface area (Å²) in [6.45, 7) is 11.3. The maximum atomic E-state index is 13.5. The molecule has 0 atom stereocenters. The lowest BCUT2D eigenvalue weighted by Gasteiger charge is -2.37. The molecule has 7 nitrogen and oxygen atoms in total. The van der Waals surface area contributed by atoms with Crippen molar-refractivity contribution < 1.29 is 14.3 Å². The minimum Gasteiger partial charge on any atom is -0.377 e. The Morgan fingerprint density at radius 1 is 0.939 bits per heavy atom. The van der Waals surface area contributed by atoms with Gasteiger partial charge in [0.25, 0.3) is 11.8 Å². The Balaban J connectivity index is 1.62. The highest BCUT2D eigenvalue weighted by molar-refractivity contribution is 6.35. The molecule has 1 fully saturated rings. The lowest BCUT2D eigenvalue weighted by atomic mass is 9.99. The molecular formula is C26H32N4O3. The zero-order valence-electron chi connectivity index (χ0n) is 19.9. The molecule has 0 radical (unpaired) electrons. The van der Waals surface area contributed by atoms with Crippen LogP contribution in [0.5, 0.6) is 0 Å². The van der Waals surface area contributed by atoms with Crippen LogP contribution in [0.25, 0.3) is 5.57 Å². The van der Waals surface area contributed by atoms with Gasteiger partial charge in [-0.15, -0.1) is 0 Å². The first kappa shape index (κ1) is 23.0. The number of hydrogen-bond acceptors (Lipinski definition) is 6. The van der Waals surface area contributed by atoms with Crippen LogP contribution in [-0.4, -0.2) is 72.0 Å². The number of carbonyl (C=O) groups excluding carboxylic acids is 2. The van der Waals surface area contributed by atoms with Gasteiger partial charge in [0.1, 0.15) is 11.5 Å². The summed E-state index contributed by atoms with van der Waals surface area (Å²) >= 11 is 0. The largest absolute Gasteiger partial charge is 0.377 e. The van der Waals surface area contributed by atoms with E-state index in [4.69, 9.17) is 4.74 Å². The molecule has 7 heteroatoms. The van der Waals surface area contributed by atoms with E-state index in [1.165, 1.54) is 4.90 Å². The number of amides is 2. The fourth-order valence-corrected chi connectivity index (χ4v) is 4.30. The number of benzene rings is 1. The third-order valence-electron chi connectivity index (χ3n) is 6.27. The Labute approximate surface area is 195 Å². The summed E-state index contributed by atoms with van der Waals surface area (Å²) in [5.41, 5.74) is 4.06. The van der Waals surface area contributed by atoms with Crippen LogP contribution >= 0.6 is 0 Å². The van der Waals surface area contributed by atoms with Gasteiger partial charge < -0.3 is 14.5 Å². The molecule has 0 N–H and O–H groups in total. The van der Waals surface area contributed by atoms with E-state index in [0.29, 0.717) is 31.0 Å². The van der Waals surface area contributed by atoms with Gasteiger partial charge in [-0.3, -0.25) is 14.5 Å². The van der Waals surface area contributed by atoms with Crippen molar-refractivity contribution in [1.29, 1.82) is 0 Å². The van der Waals surface area contributed by atoms with Gasteiger partial charge in [-0.2, -0.15) is 0 Å². The van der Waals surface area contributed by atoms with Gasteiger partial charge in [-0.1, -0.05) is 24.3 Å². The quantitative estimate of drug-likeness (QED) is 0.607. The number of carbonyl (C=O) groups is 2. The molecule has 0 aliphatic carbocycles. The monoisotopic (exact) mass is 448 g/mol. The van der Waals surface area contributed by atoms with Crippen molar-refractivity contribution in [3.05, 3.63) is 65.0 Å². The van der Waals surface area contributed by atoms with E-state index >= 15 is 0 Å². The molecule has 174 valence electrons. The van der Waals surface area contributed by atoms with Crippen molar-refractivity contribution in [1.82, 2.24) is 14.8 Å². The van der Waals surface area contributed by atoms with E-state index in [9.17, 15) is 9.59 Å². The number of anilines is 1. The number of nitrogens with zero attached hydrogens (tertiary/aromatic N) is 4. The van der Waals surface area contributed by atoms with Gasteiger partial charge in [0.05, 0.1) is 24.8 Å². The van der Waals surface area contributed by atoms with Gasteiger partial charge >= 0.3 is 0 Å². The maximum absolute atomic E-state index is 13.5. The predicted octanol–water partition coefficient (Wildman–Crippen LogP) is 3.03. The normalized spacial score (nSPS) is 17.1. The fourth-order valence-electron chi connectivity index (χ4n) is 4.30. The van der Waals surface area contributed by atoms with Gasteiger partial charge in [-0.25, -0.2) is 4.98 Å². The molecule has 0 spiro atoms. The first-order valence-corrected chi connectivity index (χ1v) is 11.6. The second kappa shape index (κ2) is 9.75. The van der Waals surface area contributed by atoms with Crippen molar-refractivity contribution in [2.45, 2.75) is 33.8 Å². The van der Waals surface area contributed by atoms with Crippen LogP contribution in [-0.2, 0) is 14.3 Å². The molecule has 3 heterocycles. The SMILES string of the molecule is Cc1ccc(C2=C(N3CCN(c4ccccn4)CC3)C(=O)N(CCOC(C)C)C2=O)cc1C. The van der Waals surface area contributed by atoms with Gasteiger partial charge in [0, 0.05) is 32.4 Å². The molecule has 2 aromatic rings. The Kier molecular flexibility index (Phi) is 6.79. The van der Waals surface area contributed by atoms with E-state index in [1.54, 1.807) is 6.20 Å². The number of piperazine rings is 1. The van der Waals surface area contributed by atoms with Crippen molar-refractivity contribution in [3.8, 4) is 0 Å². The standard InChI is InChI=1S/C26H32N4O3/c1-18(2)33-16-15-30-25(31)23(21-9-8-19(3)20(4)17-21)24(26(30)32)29-13-11-28(12-14-29)22-7-5-6-10-27-22/h5-10,17-18H,11-16H2,1-4H3. The Hall–Kier alpha value is -3.19. The first-order chi connectivity index (χ1) is 15.9. The third kappa shape index (κ3) is 4.78. The van der Waals surface area contributed by atoms with E-state index in [-0.39, 0.29) is 24.5 Å². The number of aryl methyl sites for hydroxylation is 2. The number of rotatable bonds is 7. The van der Waals surface area contributed by atoms with Crippen LogP contribution in [0, 0.1) is 13.8 Å². The molecule has 33 heavy (non-hydrogen) atoms. The molecule has 2 amide bonds. The number of imide groups is 1. The van der Waals surface area contributed by atoms with E-state index in [0.717, 1.165) is 35.6 Å². The van der Waals surface area contributed by atoms with Crippen LogP contribution in [0.1, 0.15) is 30.5 Å². The molecule has 0 unspecified atom stereocenters. The lowest BCUT2D eigenvalue weighted by Crippen LogP contribution is -2.48. The molecule has 2 aliphatic heterocycles. The molecule has 0 bridgehead atoms. The zero-order chi connectivity index (χ0) is 23.5. The van der Waals surface area contributed by atoms with Crippen LogP contribution in [0.15, 0.2) is 48.3 Å². The number of pyridine rings is 1. The minimum atomic E-state index is -0.238. The van der Waals surface area contributed by atoms with Crippen molar-refractivity contribution >= 4 is 23.2 Å². The van der Waals surface area contributed by atoms with Crippen molar-refractivity contribution in [2.24, 2.45) is 0 Å². The summed E-state index contributed by atoms with van der Waals surface area (Å²) in [6.07, 6.45) is 1.84. The van der Waals surface area contributed by atoms with Crippen LogP contribution in [0.2, 0.25) is 0 Å². The number of hydrogen-bond donors (Lipinski definition) is 0.